The minimum atomic E-state index is 0.580. The smallest absolute Gasteiger partial charge is 0.235 e. The molecule has 0 fully saturated rings. The molecule has 0 radical (unpaired) electrons. The van der Waals surface area contributed by atoms with Crippen molar-refractivity contribution in [1.82, 2.24) is 19.6 Å². The van der Waals surface area contributed by atoms with Crippen molar-refractivity contribution in [2.24, 2.45) is 0 Å². The topological polar surface area (TPSA) is 52.3 Å². The molecule has 2 aromatic heterocycles. The van der Waals surface area contributed by atoms with Gasteiger partial charge in [0.15, 0.2) is 5.65 Å². The Morgan fingerprint density at radius 1 is 1.21 bits per heavy atom. The maximum absolute atomic E-state index is 5.19. The summed E-state index contributed by atoms with van der Waals surface area (Å²) in [7, 11) is 1.59. The standard InChI is InChI=1S/C13H12N4OS/c1-18-12-8-14-7-11-15-13(16-17(11)12)19-9-10-5-3-2-4-6-10/h2-8H,9H2,1H3. The number of methoxy groups -OCH3 is 1. The van der Waals surface area contributed by atoms with E-state index in [1.807, 2.05) is 18.2 Å². The Labute approximate surface area is 114 Å². The molecule has 0 spiro atoms. The van der Waals surface area contributed by atoms with Crippen molar-refractivity contribution in [3.05, 3.63) is 48.3 Å². The van der Waals surface area contributed by atoms with Gasteiger partial charge >= 0.3 is 0 Å². The third kappa shape index (κ3) is 2.53. The van der Waals surface area contributed by atoms with Gasteiger partial charge in [0.1, 0.15) is 0 Å². The van der Waals surface area contributed by atoms with Gasteiger partial charge in [-0.2, -0.15) is 9.50 Å². The molecule has 0 saturated carbocycles. The molecule has 0 aliphatic heterocycles. The lowest BCUT2D eigenvalue weighted by Crippen LogP contribution is -1.96. The Morgan fingerprint density at radius 3 is 2.84 bits per heavy atom. The lowest BCUT2D eigenvalue weighted by atomic mass is 10.2. The number of rotatable bonds is 4. The van der Waals surface area contributed by atoms with Gasteiger partial charge in [0.2, 0.25) is 11.0 Å². The van der Waals surface area contributed by atoms with Crippen LogP contribution >= 0.6 is 11.8 Å². The second-order valence-corrected chi connectivity index (χ2v) is 4.83. The van der Waals surface area contributed by atoms with E-state index in [0.717, 1.165) is 10.9 Å². The van der Waals surface area contributed by atoms with Crippen LogP contribution in [-0.2, 0) is 5.75 Å². The zero-order chi connectivity index (χ0) is 13.1. The summed E-state index contributed by atoms with van der Waals surface area (Å²) in [5, 5.41) is 5.12. The molecular weight excluding hydrogens is 260 g/mol. The predicted octanol–water partition coefficient (Wildman–Crippen LogP) is 2.43. The van der Waals surface area contributed by atoms with Gasteiger partial charge in [-0.15, -0.1) is 5.10 Å². The number of fused-ring (bicyclic) bond motifs is 1. The first-order chi connectivity index (χ1) is 9.36. The van der Waals surface area contributed by atoms with Gasteiger partial charge in [0, 0.05) is 5.75 Å². The molecule has 0 bridgehead atoms. The Bertz CT molecular complexity index is 683. The summed E-state index contributed by atoms with van der Waals surface area (Å²) in [6.07, 6.45) is 3.29. The summed E-state index contributed by atoms with van der Waals surface area (Å²) >= 11 is 1.59. The number of hydrogen-bond acceptors (Lipinski definition) is 5. The summed E-state index contributed by atoms with van der Waals surface area (Å²) in [6, 6.07) is 10.2. The molecule has 96 valence electrons. The van der Waals surface area contributed by atoms with Crippen LogP contribution in [0.4, 0.5) is 0 Å². The fourth-order valence-electron chi connectivity index (χ4n) is 1.70. The summed E-state index contributed by atoms with van der Waals surface area (Å²) < 4.78 is 6.85. The van der Waals surface area contributed by atoms with Crippen LogP contribution in [-0.4, -0.2) is 26.7 Å². The van der Waals surface area contributed by atoms with Crippen molar-refractivity contribution >= 4 is 17.4 Å². The largest absolute Gasteiger partial charge is 0.480 e. The van der Waals surface area contributed by atoms with Crippen molar-refractivity contribution in [2.75, 3.05) is 7.11 Å². The third-order valence-corrected chi connectivity index (χ3v) is 3.53. The number of nitrogens with zero attached hydrogens (tertiary/aromatic N) is 4. The van der Waals surface area contributed by atoms with Crippen molar-refractivity contribution in [3.63, 3.8) is 0 Å². The highest BCUT2D eigenvalue weighted by molar-refractivity contribution is 7.98. The Hall–Kier alpha value is -2.08. The summed E-state index contributed by atoms with van der Waals surface area (Å²) in [5.41, 5.74) is 1.94. The number of ether oxygens (including phenoxy) is 1. The first kappa shape index (κ1) is 12.0. The van der Waals surface area contributed by atoms with Crippen LogP contribution in [0.3, 0.4) is 0 Å². The number of thioether (sulfide) groups is 1. The van der Waals surface area contributed by atoms with Crippen LogP contribution in [0.15, 0.2) is 47.9 Å². The first-order valence-electron chi connectivity index (χ1n) is 5.78. The van der Waals surface area contributed by atoms with Crippen molar-refractivity contribution < 1.29 is 4.74 Å². The lowest BCUT2D eigenvalue weighted by molar-refractivity contribution is 0.382. The number of hydrogen-bond donors (Lipinski definition) is 0. The first-order valence-corrected chi connectivity index (χ1v) is 6.77. The van der Waals surface area contributed by atoms with E-state index in [4.69, 9.17) is 4.74 Å². The predicted molar refractivity (Wildman–Crippen MR) is 73.3 cm³/mol. The van der Waals surface area contributed by atoms with Gasteiger partial charge in [-0.05, 0) is 5.56 Å². The third-order valence-electron chi connectivity index (χ3n) is 2.62. The van der Waals surface area contributed by atoms with Crippen LogP contribution in [0.5, 0.6) is 5.88 Å². The van der Waals surface area contributed by atoms with E-state index in [1.165, 1.54) is 5.56 Å². The van der Waals surface area contributed by atoms with Gasteiger partial charge in [0.25, 0.3) is 0 Å². The van der Waals surface area contributed by atoms with Crippen LogP contribution in [0.1, 0.15) is 5.56 Å². The summed E-state index contributed by atoms with van der Waals surface area (Å²) in [4.78, 5) is 8.47. The number of benzene rings is 1. The monoisotopic (exact) mass is 272 g/mol. The molecule has 0 aliphatic rings. The molecule has 5 nitrogen and oxygen atoms in total. The molecule has 1 aromatic carbocycles. The zero-order valence-electron chi connectivity index (χ0n) is 10.4. The summed E-state index contributed by atoms with van der Waals surface area (Å²) in [5.74, 6) is 1.42. The Morgan fingerprint density at radius 2 is 2.05 bits per heavy atom. The van der Waals surface area contributed by atoms with Crippen LogP contribution in [0.25, 0.3) is 5.65 Å². The fourth-order valence-corrected chi connectivity index (χ4v) is 2.48. The van der Waals surface area contributed by atoms with E-state index in [2.05, 4.69) is 27.2 Å². The van der Waals surface area contributed by atoms with Crippen molar-refractivity contribution in [2.45, 2.75) is 10.9 Å². The minimum Gasteiger partial charge on any atom is -0.480 e. The SMILES string of the molecule is COc1cncc2nc(SCc3ccccc3)nn12. The van der Waals surface area contributed by atoms with E-state index in [9.17, 15) is 0 Å². The van der Waals surface area contributed by atoms with Gasteiger partial charge in [-0.3, -0.25) is 4.98 Å². The molecule has 3 aromatic rings. The average Bonchev–Trinajstić information content (AvgIpc) is 2.89. The minimum absolute atomic E-state index is 0.580. The molecule has 0 N–H and O–H groups in total. The van der Waals surface area contributed by atoms with Crippen LogP contribution in [0, 0.1) is 0 Å². The molecule has 19 heavy (non-hydrogen) atoms. The Balaban J connectivity index is 1.82. The summed E-state index contributed by atoms with van der Waals surface area (Å²) in [6.45, 7) is 0. The highest BCUT2D eigenvalue weighted by atomic mass is 32.2. The van der Waals surface area contributed by atoms with E-state index in [0.29, 0.717) is 11.5 Å². The molecule has 2 heterocycles. The van der Waals surface area contributed by atoms with Gasteiger partial charge in [-0.1, -0.05) is 42.1 Å². The molecule has 0 amide bonds. The zero-order valence-corrected chi connectivity index (χ0v) is 11.2. The van der Waals surface area contributed by atoms with Crippen LogP contribution in [0.2, 0.25) is 0 Å². The van der Waals surface area contributed by atoms with E-state index < -0.39 is 0 Å². The highest BCUT2D eigenvalue weighted by Crippen LogP contribution is 2.21. The van der Waals surface area contributed by atoms with E-state index in [1.54, 1.807) is 35.8 Å². The average molecular weight is 272 g/mol. The molecule has 0 saturated heterocycles. The molecule has 0 atom stereocenters. The van der Waals surface area contributed by atoms with Crippen LogP contribution < -0.4 is 4.74 Å². The van der Waals surface area contributed by atoms with Gasteiger partial charge in [-0.25, -0.2) is 0 Å². The molecular formula is C13H12N4OS. The van der Waals surface area contributed by atoms with E-state index >= 15 is 0 Å². The van der Waals surface area contributed by atoms with Gasteiger partial charge < -0.3 is 4.74 Å². The maximum Gasteiger partial charge on any atom is 0.235 e. The normalized spacial score (nSPS) is 10.8. The molecule has 0 aliphatic carbocycles. The van der Waals surface area contributed by atoms with E-state index in [-0.39, 0.29) is 0 Å². The molecule has 0 unspecified atom stereocenters. The number of aromatic nitrogens is 4. The van der Waals surface area contributed by atoms with Gasteiger partial charge in [0.05, 0.1) is 19.5 Å². The molecule has 6 heteroatoms. The highest BCUT2D eigenvalue weighted by Gasteiger charge is 2.08. The maximum atomic E-state index is 5.19. The van der Waals surface area contributed by atoms with Crippen molar-refractivity contribution in [1.29, 1.82) is 0 Å². The second-order valence-electron chi connectivity index (χ2n) is 3.89. The Kier molecular flexibility index (Phi) is 3.33. The molecule has 3 rings (SSSR count). The fraction of sp³-hybridized carbons (Fsp3) is 0.154. The van der Waals surface area contributed by atoms with Crippen molar-refractivity contribution in [3.8, 4) is 5.88 Å². The quantitative estimate of drug-likeness (QED) is 0.683. The second kappa shape index (κ2) is 5.27. The lowest BCUT2D eigenvalue weighted by Gasteiger charge is -1.99.